The molecule has 0 nitrogen and oxygen atoms in total. The van der Waals surface area contributed by atoms with Gasteiger partial charge in [-0.25, -0.2) is 0 Å². The van der Waals surface area contributed by atoms with Gasteiger partial charge in [0.1, 0.15) is 0 Å². The van der Waals surface area contributed by atoms with E-state index in [4.69, 9.17) is 0 Å². The second kappa shape index (κ2) is 11.9. The average Bonchev–Trinajstić information content (AvgIpc) is 2.43. The SMILES string of the molecule is C=C/C=C(C(\C)=C/C)/C(/C=C\C)=C(\C)C=C.CC. The van der Waals surface area contributed by atoms with E-state index >= 15 is 0 Å². The van der Waals surface area contributed by atoms with Crippen molar-refractivity contribution in [2.45, 2.75) is 41.5 Å². The van der Waals surface area contributed by atoms with E-state index in [0.717, 1.165) is 0 Å². The minimum atomic E-state index is 1.17. The highest BCUT2D eigenvalue weighted by Crippen LogP contribution is 2.24. The molecule has 100 valence electrons. The topological polar surface area (TPSA) is 0 Å². The standard InChI is InChI=1S/C16H22.C2H6/c1-7-11-15(13(5)9-3)16(12-8-2)14(6)10-4;1-2/h7-12H,1,4H2,2-3,5-6H3;1-2H3/b12-8-,13-9-,15-11+,16-14+;. The lowest BCUT2D eigenvalue weighted by atomic mass is 9.94. The number of allylic oxidation sites excluding steroid dienone is 10. The van der Waals surface area contributed by atoms with Crippen LogP contribution in [-0.4, -0.2) is 0 Å². The molecule has 0 bridgehead atoms. The molecule has 18 heavy (non-hydrogen) atoms. The Kier molecular flexibility index (Phi) is 12.4. The first kappa shape index (κ1) is 18.8. The highest BCUT2D eigenvalue weighted by atomic mass is 14.1. The fourth-order valence-electron chi connectivity index (χ4n) is 1.42. The van der Waals surface area contributed by atoms with E-state index < -0.39 is 0 Å². The second-order valence-electron chi connectivity index (χ2n) is 3.59. The van der Waals surface area contributed by atoms with Crippen molar-refractivity contribution < 1.29 is 0 Å². The maximum Gasteiger partial charge on any atom is -0.0156 e. The third kappa shape index (κ3) is 6.24. The molecule has 0 aromatic heterocycles. The van der Waals surface area contributed by atoms with E-state index in [1.807, 2.05) is 52.0 Å². The van der Waals surface area contributed by atoms with Crippen LogP contribution < -0.4 is 0 Å². The minimum absolute atomic E-state index is 1.17. The van der Waals surface area contributed by atoms with E-state index in [2.05, 4.69) is 39.2 Å². The molecule has 0 N–H and O–H groups in total. The smallest absolute Gasteiger partial charge is 0.0156 e. The molecule has 0 aromatic carbocycles. The highest BCUT2D eigenvalue weighted by Gasteiger charge is 2.05. The zero-order valence-electron chi connectivity index (χ0n) is 12.9. The fourth-order valence-corrected chi connectivity index (χ4v) is 1.42. The largest absolute Gasteiger partial charge is 0.0990 e. The van der Waals surface area contributed by atoms with Crippen molar-refractivity contribution in [1.82, 2.24) is 0 Å². The fraction of sp³-hybridized carbons (Fsp3) is 0.333. The molecule has 0 fully saturated rings. The summed E-state index contributed by atoms with van der Waals surface area (Å²) in [5.41, 5.74) is 4.82. The van der Waals surface area contributed by atoms with E-state index in [1.54, 1.807) is 0 Å². The monoisotopic (exact) mass is 244 g/mol. The molecule has 0 amide bonds. The van der Waals surface area contributed by atoms with Crippen molar-refractivity contribution >= 4 is 0 Å². The molecule has 0 aliphatic heterocycles. The highest BCUT2D eigenvalue weighted by molar-refractivity contribution is 5.55. The van der Waals surface area contributed by atoms with Crippen LogP contribution in [0.5, 0.6) is 0 Å². The summed E-state index contributed by atoms with van der Waals surface area (Å²) in [6.45, 7) is 19.8. The second-order valence-corrected chi connectivity index (χ2v) is 3.59. The lowest BCUT2D eigenvalue weighted by molar-refractivity contribution is 1.31. The van der Waals surface area contributed by atoms with Gasteiger partial charge in [0.25, 0.3) is 0 Å². The Labute approximate surface area is 114 Å². The summed E-state index contributed by atoms with van der Waals surface area (Å²) in [5, 5.41) is 0. The van der Waals surface area contributed by atoms with Gasteiger partial charge < -0.3 is 0 Å². The summed E-state index contributed by atoms with van der Waals surface area (Å²) in [4.78, 5) is 0. The molecule has 0 radical (unpaired) electrons. The number of hydrogen-bond acceptors (Lipinski definition) is 0. The van der Waals surface area contributed by atoms with E-state index in [0.29, 0.717) is 0 Å². The Balaban J connectivity index is 0. The number of hydrogen-bond donors (Lipinski definition) is 0. The van der Waals surface area contributed by atoms with Crippen LogP contribution in [-0.2, 0) is 0 Å². The van der Waals surface area contributed by atoms with Gasteiger partial charge >= 0.3 is 0 Å². The minimum Gasteiger partial charge on any atom is -0.0990 e. The van der Waals surface area contributed by atoms with E-state index in [-0.39, 0.29) is 0 Å². The molecule has 0 rings (SSSR count). The quantitative estimate of drug-likeness (QED) is 0.507. The molecule has 0 saturated carbocycles. The summed E-state index contributed by atoms with van der Waals surface area (Å²) in [6, 6.07) is 0. The molecule has 0 heterocycles. The molecule has 0 unspecified atom stereocenters. The zero-order valence-corrected chi connectivity index (χ0v) is 12.9. The Morgan fingerprint density at radius 2 is 1.56 bits per heavy atom. The van der Waals surface area contributed by atoms with E-state index in [9.17, 15) is 0 Å². The van der Waals surface area contributed by atoms with Crippen LogP contribution >= 0.6 is 0 Å². The third-order valence-corrected chi connectivity index (χ3v) is 2.50. The first-order valence-corrected chi connectivity index (χ1v) is 6.54. The predicted molar refractivity (Wildman–Crippen MR) is 86.8 cm³/mol. The predicted octanol–water partition coefficient (Wildman–Crippen LogP) is 6.17. The lowest BCUT2D eigenvalue weighted by Gasteiger charge is -2.11. The summed E-state index contributed by atoms with van der Waals surface area (Å²) in [5.74, 6) is 0. The first-order valence-electron chi connectivity index (χ1n) is 6.54. The molecule has 0 aliphatic carbocycles. The van der Waals surface area contributed by atoms with Gasteiger partial charge in [-0.2, -0.15) is 0 Å². The van der Waals surface area contributed by atoms with Crippen molar-refractivity contribution in [3.05, 3.63) is 71.9 Å². The van der Waals surface area contributed by atoms with Crippen LogP contribution in [0.25, 0.3) is 0 Å². The third-order valence-electron chi connectivity index (χ3n) is 2.50. The summed E-state index contributed by atoms with van der Waals surface area (Å²) >= 11 is 0. The van der Waals surface area contributed by atoms with Crippen LogP contribution in [0.1, 0.15) is 41.5 Å². The normalized spacial score (nSPS) is 13.7. The summed E-state index contributed by atoms with van der Waals surface area (Å²) in [6.07, 6.45) is 12.0. The Morgan fingerprint density at radius 3 is 1.89 bits per heavy atom. The van der Waals surface area contributed by atoms with Crippen molar-refractivity contribution in [3.8, 4) is 0 Å². The van der Waals surface area contributed by atoms with Crippen molar-refractivity contribution in [3.63, 3.8) is 0 Å². The Hall–Kier alpha value is -1.56. The molecule has 0 aromatic rings. The van der Waals surface area contributed by atoms with Gasteiger partial charge in [0.2, 0.25) is 0 Å². The maximum absolute atomic E-state index is 3.83. The van der Waals surface area contributed by atoms with Crippen molar-refractivity contribution in [2.24, 2.45) is 0 Å². The molecule has 0 aliphatic rings. The molecular weight excluding hydrogens is 216 g/mol. The molecular formula is C18H28. The number of rotatable bonds is 5. The molecule has 0 spiro atoms. The van der Waals surface area contributed by atoms with Gasteiger partial charge in [0.05, 0.1) is 0 Å². The first-order chi connectivity index (χ1) is 8.62. The Morgan fingerprint density at radius 1 is 1.00 bits per heavy atom. The van der Waals surface area contributed by atoms with Gasteiger partial charge in [-0.15, -0.1) is 0 Å². The van der Waals surface area contributed by atoms with Crippen LogP contribution in [0.2, 0.25) is 0 Å². The average molecular weight is 244 g/mol. The van der Waals surface area contributed by atoms with E-state index in [1.165, 1.54) is 22.3 Å². The van der Waals surface area contributed by atoms with Gasteiger partial charge in [0.15, 0.2) is 0 Å². The maximum atomic E-state index is 3.83. The van der Waals surface area contributed by atoms with Gasteiger partial charge in [-0.05, 0) is 50.0 Å². The van der Waals surface area contributed by atoms with Crippen LogP contribution in [0, 0.1) is 0 Å². The summed E-state index contributed by atoms with van der Waals surface area (Å²) < 4.78 is 0. The Bertz CT molecular complexity index is 371. The molecule has 0 saturated heterocycles. The summed E-state index contributed by atoms with van der Waals surface area (Å²) in [7, 11) is 0. The lowest BCUT2D eigenvalue weighted by Crippen LogP contribution is -1.92. The van der Waals surface area contributed by atoms with Gasteiger partial charge in [-0.1, -0.05) is 63.5 Å². The van der Waals surface area contributed by atoms with Crippen molar-refractivity contribution in [1.29, 1.82) is 0 Å². The molecule has 0 heteroatoms. The van der Waals surface area contributed by atoms with Crippen LogP contribution in [0.3, 0.4) is 0 Å². The van der Waals surface area contributed by atoms with Crippen LogP contribution in [0.4, 0.5) is 0 Å². The van der Waals surface area contributed by atoms with Crippen LogP contribution in [0.15, 0.2) is 71.9 Å². The van der Waals surface area contributed by atoms with Gasteiger partial charge in [0, 0.05) is 0 Å². The zero-order chi connectivity index (χ0) is 14.6. The van der Waals surface area contributed by atoms with Gasteiger partial charge in [-0.3, -0.25) is 0 Å². The van der Waals surface area contributed by atoms with Crippen molar-refractivity contribution in [2.75, 3.05) is 0 Å². The molecule has 0 atom stereocenters.